The quantitative estimate of drug-likeness (QED) is 0.425. The molecule has 152 valence electrons. The van der Waals surface area contributed by atoms with Crippen molar-refractivity contribution in [2.75, 3.05) is 5.75 Å². The summed E-state index contributed by atoms with van der Waals surface area (Å²) in [5.74, 6) is 0.375. The molecular weight excluding hydrogens is 422 g/mol. The van der Waals surface area contributed by atoms with Crippen LogP contribution in [0, 0.1) is 0 Å². The Hall–Kier alpha value is -3.10. The van der Waals surface area contributed by atoms with Gasteiger partial charge in [0.1, 0.15) is 0 Å². The Bertz CT molecular complexity index is 1130. The minimum atomic E-state index is -0.128. The van der Waals surface area contributed by atoms with Gasteiger partial charge in [0, 0.05) is 18.1 Å². The summed E-state index contributed by atoms with van der Waals surface area (Å²) in [4.78, 5) is 16.4. The Balaban J connectivity index is 1.31. The number of thioether (sulfide) groups is 1. The molecule has 2 heterocycles. The van der Waals surface area contributed by atoms with E-state index in [1.54, 1.807) is 24.7 Å². The molecule has 0 aliphatic rings. The van der Waals surface area contributed by atoms with Crippen LogP contribution in [0.1, 0.15) is 18.5 Å². The highest BCUT2D eigenvalue weighted by Crippen LogP contribution is 2.28. The Morgan fingerprint density at radius 2 is 2.00 bits per heavy atom. The average Bonchev–Trinajstić information content (AvgIpc) is 3.45. The number of amides is 1. The van der Waals surface area contributed by atoms with Gasteiger partial charge >= 0.3 is 0 Å². The van der Waals surface area contributed by atoms with E-state index in [1.807, 2.05) is 54.1 Å². The van der Waals surface area contributed by atoms with Crippen LogP contribution < -0.4 is 5.32 Å². The molecule has 0 saturated carbocycles. The van der Waals surface area contributed by atoms with Gasteiger partial charge in [-0.1, -0.05) is 47.6 Å². The van der Waals surface area contributed by atoms with Crippen molar-refractivity contribution in [3.05, 3.63) is 77.8 Å². The van der Waals surface area contributed by atoms with Crippen molar-refractivity contribution in [3.8, 4) is 17.1 Å². The zero-order valence-corrected chi connectivity index (χ0v) is 17.6. The number of halogens is 1. The standard InChI is InChI=1S/C21H18ClN5O2S/c1-14(15-6-8-16(9-7-15)27-11-10-23-13-27)24-19(28)12-30-21-26-25-20(29-21)17-4-2-3-5-18(17)22/h2-11,13-14H,12H2,1H3,(H,24,28)/t14-/m0/s1. The molecule has 4 aromatic rings. The predicted octanol–water partition coefficient (Wildman–Crippen LogP) is 4.55. The largest absolute Gasteiger partial charge is 0.411 e. The van der Waals surface area contributed by atoms with Gasteiger partial charge in [-0.2, -0.15) is 0 Å². The van der Waals surface area contributed by atoms with Crippen LogP contribution in [0.5, 0.6) is 0 Å². The van der Waals surface area contributed by atoms with E-state index in [9.17, 15) is 4.79 Å². The molecule has 7 nitrogen and oxygen atoms in total. The van der Waals surface area contributed by atoms with E-state index in [0.29, 0.717) is 21.7 Å². The fourth-order valence-corrected chi connectivity index (χ4v) is 3.64. The maximum atomic E-state index is 12.3. The predicted molar refractivity (Wildman–Crippen MR) is 116 cm³/mol. The SMILES string of the molecule is C[C@H](NC(=O)CSc1nnc(-c2ccccc2Cl)o1)c1ccc(-n2ccnc2)cc1. The summed E-state index contributed by atoms with van der Waals surface area (Å²) >= 11 is 7.33. The molecule has 2 aromatic carbocycles. The monoisotopic (exact) mass is 439 g/mol. The van der Waals surface area contributed by atoms with Gasteiger partial charge in [0.25, 0.3) is 5.22 Å². The number of carbonyl (C=O) groups excluding carboxylic acids is 1. The number of nitrogens with one attached hydrogen (secondary N) is 1. The lowest BCUT2D eigenvalue weighted by Crippen LogP contribution is -2.28. The van der Waals surface area contributed by atoms with Gasteiger partial charge < -0.3 is 14.3 Å². The first-order valence-electron chi connectivity index (χ1n) is 9.19. The third kappa shape index (κ3) is 4.72. The van der Waals surface area contributed by atoms with Crippen molar-refractivity contribution in [2.24, 2.45) is 0 Å². The number of nitrogens with zero attached hydrogens (tertiary/aromatic N) is 4. The average molecular weight is 440 g/mol. The van der Waals surface area contributed by atoms with Crippen LogP contribution >= 0.6 is 23.4 Å². The van der Waals surface area contributed by atoms with E-state index >= 15 is 0 Å². The molecule has 0 aliphatic carbocycles. The van der Waals surface area contributed by atoms with Crippen LogP contribution in [0.2, 0.25) is 5.02 Å². The second-order valence-corrected chi connectivity index (χ2v) is 7.83. The first kappa shape index (κ1) is 20.2. The summed E-state index contributed by atoms with van der Waals surface area (Å²) in [7, 11) is 0. The maximum Gasteiger partial charge on any atom is 0.277 e. The number of benzene rings is 2. The molecule has 1 atom stereocenters. The van der Waals surface area contributed by atoms with Crippen LogP contribution in [-0.4, -0.2) is 31.4 Å². The zero-order chi connectivity index (χ0) is 20.9. The van der Waals surface area contributed by atoms with Crippen molar-refractivity contribution in [3.63, 3.8) is 0 Å². The zero-order valence-electron chi connectivity index (χ0n) is 16.0. The van der Waals surface area contributed by atoms with Crippen molar-refractivity contribution in [1.82, 2.24) is 25.1 Å². The lowest BCUT2D eigenvalue weighted by molar-refractivity contribution is -0.119. The lowest BCUT2D eigenvalue weighted by Gasteiger charge is -2.14. The summed E-state index contributed by atoms with van der Waals surface area (Å²) in [6.45, 7) is 1.94. The summed E-state index contributed by atoms with van der Waals surface area (Å²) in [6, 6.07) is 15.1. The van der Waals surface area contributed by atoms with E-state index in [1.165, 1.54) is 11.8 Å². The molecule has 0 aliphatic heterocycles. The lowest BCUT2D eigenvalue weighted by atomic mass is 10.1. The molecule has 0 spiro atoms. The number of hydrogen-bond acceptors (Lipinski definition) is 6. The Labute approximate surface area is 182 Å². The molecule has 9 heteroatoms. The van der Waals surface area contributed by atoms with E-state index < -0.39 is 0 Å². The van der Waals surface area contributed by atoms with Gasteiger partial charge in [0.05, 0.1) is 28.7 Å². The molecule has 0 saturated heterocycles. The molecule has 1 N–H and O–H groups in total. The second-order valence-electron chi connectivity index (χ2n) is 6.49. The molecule has 0 fully saturated rings. The van der Waals surface area contributed by atoms with Gasteiger partial charge in [-0.05, 0) is 36.8 Å². The summed E-state index contributed by atoms with van der Waals surface area (Å²) in [5, 5.41) is 11.8. The van der Waals surface area contributed by atoms with Crippen molar-refractivity contribution < 1.29 is 9.21 Å². The highest BCUT2D eigenvalue weighted by atomic mass is 35.5. The van der Waals surface area contributed by atoms with Gasteiger partial charge in [-0.15, -0.1) is 10.2 Å². The number of rotatable bonds is 7. The molecule has 2 aromatic heterocycles. The number of hydrogen-bond donors (Lipinski definition) is 1. The van der Waals surface area contributed by atoms with Gasteiger partial charge in [0.2, 0.25) is 11.8 Å². The smallest absolute Gasteiger partial charge is 0.277 e. The highest BCUT2D eigenvalue weighted by molar-refractivity contribution is 7.99. The molecule has 30 heavy (non-hydrogen) atoms. The molecule has 0 unspecified atom stereocenters. The van der Waals surface area contributed by atoms with Crippen LogP contribution in [0.15, 0.2) is 76.9 Å². The third-order valence-corrected chi connectivity index (χ3v) is 5.56. The minimum absolute atomic E-state index is 0.122. The van der Waals surface area contributed by atoms with Crippen molar-refractivity contribution >= 4 is 29.3 Å². The van der Waals surface area contributed by atoms with E-state index in [2.05, 4.69) is 20.5 Å². The summed E-state index contributed by atoms with van der Waals surface area (Å²) in [6.07, 6.45) is 5.35. The van der Waals surface area contributed by atoms with Gasteiger partial charge in [0.15, 0.2) is 0 Å². The highest BCUT2D eigenvalue weighted by Gasteiger charge is 2.15. The first-order chi connectivity index (χ1) is 14.6. The Kier molecular flexibility index (Phi) is 6.15. The normalized spacial score (nSPS) is 11.9. The molecule has 0 radical (unpaired) electrons. The third-order valence-electron chi connectivity index (χ3n) is 4.41. The number of carbonyl (C=O) groups is 1. The Morgan fingerprint density at radius 3 is 2.73 bits per heavy atom. The maximum absolute atomic E-state index is 12.3. The van der Waals surface area contributed by atoms with Crippen molar-refractivity contribution in [1.29, 1.82) is 0 Å². The fourth-order valence-electron chi connectivity index (χ4n) is 2.85. The van der Waals surface area contributed by atoms with Crippen molar-refractivity contribution in [2.45, 2.75) is 18.2 Å². The number of imidazole rings is 1. The fraction of sp³-hybridized carbons (Fsp3) is 0.143. The topological polar surface area (TPSA) is 85.8 Å². The van der Waals surface area contributed by atoms with E-state index in [0.717, 1.165) is 11.3 Å². The number of aromatic nitrogens is 4. The molecule has 0 bridgehead atoms. The van der Waals surface area contributed by atoms with Crippen LogP contribution in [-0.2, 0) is 4.79 Å². The van der Waals surface area contributed by atoms with E-state index in [4.69, 9.17) is 16.0 Å². The molecular formula is C21H18ClN5O2S. The molecule has 4 rings (SSSR count). The summed E-state index contributed by atoms with van der Waals surface area (Å²) < 4.78 is 7.53. The van der Waals surface area contributed by atoms with Gasteiger partial charge in [-0.3, -0.25) is 4.79 Å². The molecule has 1 amide bonds. The second kappa shape index (κ2) is 9.15. The van der Waals surface area contributed by atoms with Crippen LogP contribution in [0.3, 0.4) is 0 Å². The van der Waals surface area contributed by atoms with Gasteiger partial charge in [-0.25, -0.2) is 4.98 Å². The van der Waals surface area contributed by atoms with E-state index in [-0.39, 0.29) is 17.7 Å². The van der Waals surface area contributed by atoms with Crippen LogP contribution in [0.25, 0.3) is 17.1 Å². The summed E-state index contributed by atoms with van der Waals surface area (Å²) in [5.41, 5.74) is 2.68. The Morgan fingerprint density at radius 1 is 1.20 bits per heavy atom. The minimum Gasteiger partial charge on any atom is -0.411 e. The first-order valence-corrected chi connectivity index (χ1v) is 10.6. The van der Waals surface area contributed by atoms with Crippen LogP contribution in [0.4, 0.5) is 0 Å².